The van der Waals surface area contributed by atoms with Gasteiger partial charge in [-0.3, -0.25) is 0 Å². The lowest BCUT2D eigenvalue weighted by molar-refractivity contribution is 0.123. The maximum Gasteiger partial charge on any atom is 0.229 e. The summed E-state index contributed by atoms with van der Waals surface area (Å²) in [6.45, 7) is 7.43. The fraction of sp³-hybridized carbons (Fsp3) is 0.273. The number of anilines is 5. The largest absolute Gasteiger partial charge is 0.378 e. The first kappa shape index (κ1) is 18.3. The number of rotatable bonds is 5. The lowest BCUT2D eigenvalue weighted by Crippen LogP contribution is -2.36. The van der Waals surface area contributed by atoms with Crippen molar-refractivity contribution in [3.05, 3.63) is 65.9 Å². The van der Waals surface area contributed by atoms with Crippen LogP contribution in [0.3, 0.4) is 0 Å². The van der Waals surface area contributed by atoms with Gasteiger partial charge in [0.15, 0.2) is 0 Å². The molecule has 0 amide bonds. The minimum Gasteiger partial charge on any atom is -0.378 e. The number of aryl methyl sites for hydroxylation is 2. The minimum absolute atomic E-state index is 0.566. The second-order valence-corrected chi connectivity index (χ2v) is 6.95. The van der Waals surface area contributed by atoms with E-state index in [0.717, 1.165) is 49.2 Å². The van der Waals surface area contributed by atoms with Crippen LogP contribution in [0.25, 0.3) is 0 Å². The van der Waals surface area contributed by atoms with Crippen molar-refractivity contribution in [2.75, 3.05) is 41.8 Å². The zero-order chi connectivity index (χ0) is 19.3. The van der Waals surface area contributed by atoms with E-state index in [0.29, 0.717) is 5.95 Å². The molecule has 1 aliphatic heterocycles. The lowest BCUT2D eigenvalue weighted by atomic mass is 10.1. The van der Waals surface area contributed by atoms with E-state index in [2.05, 4.69) is 75.7 Å². The van der Waals surface area contributed by atoms with Crippen LogP contribution in [0, 0.1) is 13.8 Å². The van der Waals surface area contributed by atoms with Gasteiger partial charge in [0.2, 0.25) is 5.95 Å². The first-order valence-electron chi connectivity index (χ1n) is 9.55. The first-order chi connectivity index (χ1) is 13.7. The van der Waals surface area contributed by atoms with Crippen LogP contribution in [0.5, 0.6) is 0 Å². The third-order valence-corrected chi connectivity index (χ3v) is 4.81. The Labute approximate surface area is 165 Å². The zero-order valence-corrected chi connectivity index (χ0v) is 16.3. The van der Waals surface area contributed by atoms with E-state index in [9.17, 15) is 0 Å². The van der Waals surface area contributed by atoms with Gasteiger partial charge in [0.25, 0.3) is 0 Å². The third kappa shape index (κ3) is 4.23. The first-order valence-corrected chi connectivity index (χ1v) is 9.55. The summed E-state index contributed by atoms with van der Waals surface area (Å²) < 4.78 is 5.47. The molecule has 1 aliphatic rings. The molecule has 28 heavy (non-hydrogen) atoms. The van der Waals surface area contributed by atoms with Crippen LogP contribution in [-0.2, 0) is 4.74 Å². The normalized spacial score (nSPS) is 14.0. The maximum atomic E-state index is 5.47. The molecule has 1 aromatic heterocycles. The number of para-hydroxylation sites is 2. The van der Waals surface area contributed by atoms with Crippen LogP contribution in [0.2, 0.25) is 0 Å². The van der Waals surface area contributed by atoms with Gasteiger partial charge in [0.05, 0.1) is 24.6 Å². The molecule has 6 nitrogen and oxygen atoms in total. The van der Waals surface area contributed by atoms with Crippen LogP contribution < -0.4 is 15.5 Å². The highest BCUT2D eigenvalue weighted by atomic mass is 16.5. The Balaban J connectivity index is 1.55. The molecule has 0 saturated carbocycles. The number of hydrogen-bond donors (Lipinski definition) is 2. The number of morpholine rings is 1. The van der Waals surface area contributed by atoms with Crippen molar-refractivity contribution in [3.63, 3.8) is 0 Å². The van der Waals surface area contributed by atoms with Crippen molar-refractivity contribution in [2.24, 2.45) is 0 Å². The fourth-order valence-electron chi connectivity index (χ4n) is 3.28. The van der Waals surface area contributed by atoms with Crippen LogP contribution in [-0.4, -0.2) is 36.3 Å². The number of hydrogen-bond acceptors (Lipinski definition) is 6. The summed E-state index contributed by atoms with van der Waals surface area (Å²) in [5.41, 5.74) is 5.57. The van der Waals surface area contributed by atoms with Crippen LogP contribution in [0.15, 0.2) is 54.7 Å². The van der Waals surface area contributed by atoms with E-state index in [1.165, 1.54) is 11.1 Å². The number of nitrogens with one attached hydrogen (secondary N) is 2. The van der Waals surface area contributed by atoms with Gasteiger partial charge in [-0.15, -0.1) is 0 Å². The van der Waals surface area contributed by atoms with Gasteiger partial charge in [-0.05, 0) is 49.2 Å². The van der Waals surface area contributed by atoms with Crippen molar-refractivity contribution in [2.45, 2.75) is 13.8 Å². The average molecular weight is 375 g/mol. The smallest absolute Gasteiger partial charge is 0.229 e. The zero-order valence-electron chi connectivity index (χ0n) is 16.3. The molecular weight excluding hydrogens is 350 g/mol. The molecule has 2 aromatic carbocycles. The van der Waals surface area contributed by atoms with Gasteiger partial charge in [0.1, 0.15) is 5.82 Å². The van der Waals surface area contributed by atoms with E-state index < -0.39 is 0 Å². The Morgan fingerprint density at radius 1 is 0.929 bits per heavy atom. The number of nitrogens with zero attached hydrogens (tertiary/aromatic N) is 3. The van der Waals surface area contributed by atoms with Gasteiger partial charge in [-0.25, -0.2) is 4.98 Å². The Morgan fingerprint density at radius 2 is 1.75 bits per heavy atom. The van der Waals surface area contributed by atoms with E-state index in [4.69, 9.17) is 4.74 Å². The summed E-state index contributed by atoms with van der Waals surface area (Å²) >= 11 is 0. The molecule has 1 fully saturated rings. The van der Waals surface area contributed by atoms with Gasteiger partial charge >= 0.3 is 0 Å². The van der Waals surface area contributed by atoms with Crippen molar-refractivity contribution in [3.8, 4) is 0 Å². The van der Waals surface area contributed by atoms with Gasteiger partial charge < -0.3 is 20.3 Å². The van der Waals surface area contributed by atoms with Gasteiger partial charge in [-0.1, -0.05) is 24.3 Å². The van der Waals surface area contributed by atoms with Crippen molar-refractivity contribution >= 4 is 28.8 Å². The molecule has 144 valence electrons. The summed E-state index contributed by atoms with van der Waals surface area (Å²) in [6, 6.07) is 16.5. The molecule has 0 radical (unpaired) electrons. The second kappa shape index (κ2) is 8.27. The van der Waals surface area contributed by atoms with E-state index in [-0.39, 0.29) is 0 Å². The Morgan fingerprint density at radius 3 is 2.61 bits per heavy atom. The SMILES string of the molecule is Cc1ccc(C)c(Nc2ccnc(Nc3ccccc3N3CCOCC3)n2)c1. The van der Waals surface area contributed by atoms with Crippen LogP contribution >= 0.6 is 0 Å². The van der Waals surface area contributed by atoms with Crippen molar-refractivity contribution in [1.82, 2.24) is 9.97 Å². The van der Waals surface area contributed by atoms with Crippen molar-refractivity contribution < 1.29 is 4.74 Å². The molecule has 0 unspecified atom stereocenters. The monoisotopic (exact) mass is 375 g/mol. The average Bonchev–Trinajstić information content (AvgIpc) is 2.72. The molecule has 0 spiro atoms. The van der Waals surface area contributed by atoms with Gasteiger partial charge in [-0.2, -0.15) is 4.98 Å². The molecular formula is C22H25N5O. The summed E-state index contributed by atoms with van der Waals surface area (Å²) in [4.78, 5) is 11.4. The topological polar surface area (TPSA) is 62.3 Å². The van der Waals surface area contributed by atoms with E-state index in [1.807, 2.05) is 12.1 Å². The Hall–Kier alpha value is -3.12. The quantitative estimate of drug-likeness (QED) is 0.688. The van der Waals surface area contributed by atoms with E-state index >= 15 is 0 Å². The molecule has 2 heterocycles. The minimum atomic E-state index is 0.566. The predicted octanol–water partition coefficient (Wildman–Crippen LogP) is 4.42. The molecule has 6 heteroatoms. The predicted molar refractivity (Wildman–Crippen MR) is 114 cm³/mol. The standard InChI is InChI=1S/C22H25N5O/c1-16-7-8-17(2)19(15-16)24-21-9-10-23-22(26-21)25-18-5-3-4-6-20(18)27-11-13-28-14-12-27/h3-10,15H,11-14H2,1-2H3,(H2,23,24,25,26). The molecule has 0 aliphatic carbocycles. The number of benzene rings is 2. The second-order valence-electron chi connectivity index (χ2n) is 6.95. The number of ether oxygens (including phenoxy) is 1. The highest BCUT2D eigenvalue weighted by Crippen LogP contribution is 2.29. The molecule has 4 rings (SSSR count). The van der Waals surface area contributed by atoms with Crippen LogP contribution in [0.4, 0.5) is 28.8 Å². The Bertz CT molecular complexity index is 953. The van der Waals surface area contributed by atoms with Crippen LogP contribution in [0.1, 0.15) is 11.1 Å². The highest BCUT2D eigenvalue weighted by molar-refractivity contribution is 5.74. The maximum absolute atomic E-state index is 5.47. The fourth-order valence-corrected chi connectivity index (χ4v) is 3.28. The molecule has 2 N–H and O–H groups in total. The highest BCUT2D eigenvalue weighted by Gasteiger charge is 2.15. The summed E-state index contributed by atoms with van der Waals surface area (Å²) in [5.74, 6) is 1.33. The lowest BCUT2D eigenvalue weighted by Gasteiger charge is -2.30. The molecule has 1 saturated heterocycles. The third-order valence-electron chi connectivity index (χ3n) is 4.81. The van der Waals surface area contributed by atoms with Crippen molar-refractivity contribution in [1.29, 1.82) is 0 Å². The summed E-state index contributed by atoms with van der Waals surface area (Å²) in [5, 5.41) is 6.78. The van der Waals surface area contributed by atoms with Gasteiger partial charge in [0, 0.05) is 25.0 Å². The molecule has 0 bridgehead atoms. The molecule has 0 atom stereocenters. The summed E-state index contributed by atoms with van der Waals surface area (Å²) in [6.07, 6.45) is 1.76. The Kier molecular flexibility index (Phi) is 5.39. The number of aromatic nitrogens is 2. The van der Waals surface area contributed by atoms with E-state index in [1.54, 1.807) is 6.20 Å². The summed E-state index contributed by atoms with van der Waals surface area (Å²) in [7, 11) is 0. The molecule has 3 aromatic rings.